The maximum absolute atomic E-state index is 11.7. The Bertz CT molecular complexity index is 1740. The molecule has 0 unspecified atom stereocenters. The number of carbonyl (C=O) groups excluding carboxylic acids is 1. The zero-order valence-corrected chi connectivity index (χ0v) is 32.2. The van der Waals surface area contributed by atoms with Crippen LogP contribution in [0.25, 0.3) is 32.9 Å². The topological polar surface area (TPSA) is 63.1 Å². The van der Waals surface area contributed by atoms with Gasteiger partial charge < -0.3 is 15.1 Å². The predicted octanol–water partition coefficient (Wildman–Crippen LogP) is 11.0. The number of aliphatic hydroxyl groups is 1. The number of rotatable bonds is 8. The van der Waals surface area contributed by atoms with E-state index in [-0.39, 0.29) is 54.3 Å². The van der Waals surface area contributed by atoms with Gasteiger partial charge in [-0.1, -0.05) is 103 Å². The Morgan fingerprint density at radius 1 is 0.978 bits per heavy atom. The average molecular weight is 798 g/mol. The normalized spacial score (nSPS) is 13.8. The zero-order valence-electron chi connectivity index (χ0n) is 29.8. The van der Waals surface area contributed by atoms with Gasteiger partial charge in [-0.3, -0.25) is 4.79 Å². The molecular weight excluding hydrogens is 745 g/mol. The second-order valence-electron chi connectivity index (χ2n) is 14.7. The van der Waals surface area contributed by atoms with Crippen LogP contribution in [0.1, 0.15) is 116 Å². The molecule has 0 atom stereocenters. The smallest absolute Gasteiger partial charge is 0.162 e. The first-order chi connectivity index (χ1) is 21.2. The SMILES string of the molecule is CCC(CC)C(=O)/C=C(\O)C(CC)CC.Cc1cc(C)c2n[c-]c3c(c2c1)C(C)(C)c1cc(CC(C)(C)C)cc2ccnc-3c12.[Ir]. The summed E-state index contributed by atoms with van der Waals surface area (Å²) in [7, 11) is 0. The molecule has 2 aromatic carbocycles. The Hall–Kier alpha value is -2.88. The molecule has 1 aliphatic rings. The van der Waals surface area contributed by atoms with Crippen LogP contribution in [0.2, 0.25) is 0 Å². The Balaban J connectivity index is 0.000000309. The van der Waals surface area contributed by atoms with E-state index in [0.717, 1.165) is 48.9 Å². The summed E-state index contributed by atoms with van der Waals surface area (Å²) in [5.41, 5.74) is 9.76. The number of hydrogen-bond acceptors (Lipinski definition) is 4. The molecule has 0 bridgehead atoms. The molecule has 249 valence electrons. The fourth-order valence-corrected chi connectivity index (χ4v) is 7.11. The predicted molar refractivity (Wildman–Crippen MR) is 190 cm³/mol. The molecule has 4 nitrogen and oxygen atoms in total. The third kappa shape index (κ3) is 7.63. The number of aryl methyl sites for hydroxylation is 2. The number of benzene rings is 2. The van der Waals surface area contributed by atoms with Gasteiger partial charge >= 0.3 is 0 Å². The third-order valence-corrected chi connectivity index (χ3v) is 9.52. The molecule has 0 aliphatic heterocycles. The van der Waals surface area contributed by atoms with E-state index in [9.17, 15) is 9.90 Å². The number of allylic oxidation sites excluding steroid dienone is 2. The van der Waals surface area contributed by atoms with Crippen molar-refractivity contribution in [3.63, 3.8) is 0 Å². The molecule has 1 aliphatic carbocycles. The number of aliphatic hydroxyl groups excluding tert-OH is 1. The molecule has 46 heavy (non-hydrogen) atoms. The largest absolute Gasteiger partial charge is 0.512 e. The van der Waals surface area contributed by atoms with Crippen molar-refractivity contribution in [1.82, 2.24) is 9.97 Å². The van der Waals surface area contributed by atoms with E-state index in [1.165, 1.54) is 50.1 Å². The summed E-state index contributed by atoms with van der Waals surface area (Å²) in [4.78, 5) is 21.3. The quantitative estimate of drug-likeness (QED) is 0.110. The van der Waals surface area contributed by atoms with Gasteiger partial charge in [-0.25, -0.2) is 0 Å². The van der Waals surface area contributed by atoms with Crippen molar-refractivity contribution in [2.45, 2.75) is 114 Å². The van der Waals surface area contributed by atoms with Gasteiger partial charge in [0.05, 0.1) is 5.76 Å². The average Bonchev–Trinajstić information content (AvgIpc) is 2.96. The first-order valence-corrected chi connectivity index (χ1v) is 16.9. The summed E-state index contributed by atoms with van der Waals surface area (Å²) in [6.45, 7) is 24.0. The molecule has 5 rings (SSSR count). The maximum Gasteiger partial charge on any atom is 0.162 e. The summed E-state index contributed by atoms with van der Waals surface area (Å²) in [5.74, 6) is 0.547. The van der Waals surface area contributed by atoms with Gasteiger partial charge in [0, 0.05) is 44.2 Å². The van der Waals surface area contributed by atoms with E-state index in [1.54, 1.807) is 0 Å². The molecule has 1 radical (unpaired) electrons. The first-order valence-electron chi connectivity index (χ1n) is 16.9. The summed E-state index contributed by atoms with van der Waals surface area (Å²) >= 11 is 0. The number of fused-ring (bicyclic) bond motifs is 4. The van der Waals surface area contributed by atoms with E-state index < -0.39 is 0 Å². The van der Waals surface area contributed by atoms with Gasteiger partial charge in [0.2, 0.25) is 0 Å². The van der Waals surface area contributed by atoms with E-state index in [4.69, 9.17) is 9.97 Å². The fraction of sp³-hybridized carbons (Fsp3) is 0.488. The van der Waals surface area contributed by atoms with Crippen molar-refractivity contribution in [2.75, 3.05) is 0 Å². The van der Waals surface area contributed by atoms with Crippen molar-refractivity contribution in [3.05, 3.63) is 82.4 Å². The van der Waals surface area contributed by atoms with Crippen LogP contribution in [0, 0.1) is 37.3 Å². The van der Waals surface area contributed by atoms with Gasteiger partial charge in [0.1, 0.15) is 0 Å². The van der Waals surface area contributed by atoms with Crippen LogP contribution in [0.4, 0.5) is 0 Å². The number of pyridine rings is 2. The molecule has 2 aromatic heterocycles. The molecule has 0 saturated carbocycles. The third-order valence-electron chi connectivity index (χ3n) is 9.52. The minimum Gasteiger partial charge on any atom is -0.512 e. The first kappa shape index (κ1) is 37.6. The Labute approximate surface area is 290 Å². The molecule has 1 N–H and O–H groups in total. The molecule has 0 spiro atoms. The summed E-state index contributed by atoms with van der Waals surface area (Å²) in [6.07, 6.45) is 11.3. The van der Waals surface area contributed by atoms with E-state index in [1.807, 2.05) is 33.9 Å². The zero-order chi connectivity index (χ0) is 33.3. The molecule has 2 heterocycles. The minimum atomic E-state index is -0.157. The van der Waals surface area contributed by atoms with Crippen molar-refractivity contribution < 1.29 is 30.0 Å². The van der Waals surface area contributed by atoms with Crippen molar-refractivity contribution in [1.29, 1.82) is 0 Å². The molecular formula is C41H53IrN2O2-. The van der Waals surface area contributed by atoms with E-state index in [2.05, 4.69) is 85.0 Å². The van der Waals surface area contributed by atoms with E-state index >= 15 is 0 Å². The van der Waals surface area contributed by atoms with Crippen molar-refractivity contribution >= 4 is 27.5 Å². The monoisotopic (exact) mass is 798 g/mol. The Morgan fingerprint density at radius 3 is 2.20 bits per heavy atom. The molecule has 0 amide bonds. The number of carbonyl (C=O) groups is 1. The minimum absolute atomic E-state index is 0. The number of ketones is 1. The Kier molecular flexibility index (Phi) is 12.2. The van der Waals surface area contributed by atoms with Crippen LogP contribution in [0.15, 0.2) is 48.4 Å². The Morgan fingerprint density at radius 2 is 1.61 bits per heavy atom. The second-order valence-corrected chi connectivity index (χ2v) is 14.7. The van der Waals surface area contributed by atoms with Crippen LogP contribution in [0.5, 0.6) is 0 Å². The number of nitrogens with zero attached hydrogens (tertiary/aromatic N) is 2. The summed E-state index contributed by atoms with van der Waals surface area (Å²) < 4.78 is 0. The van der Waals surface area contributed by atoms with Gasteiger partial charge in [0.15, 0.2) is 5.78 Å². The van der Waals surface area contributed by atoms with Crippen molar-refractivity contribution in [3.8, 4) is 11.3 Å². The van der Waals surface area contributed by atoms with Crippen LogP contribution in [-0.4, -0.2) is 20.9 Å². The van der Waals surface area contributed by atoms with Gasteiger partial charge in [-0.05, 0) is 102 Å². The van der Waals surface area contributed by atoms with Crippen LogP contribution < -0.4 is 0 Å². The number of aromatic nitrogens is 2. The van der Waals surface area contributed by atoms with Gasteiger partial charge in [-0.2, -0.15) is 0 Å². The molecule has 4 aromatic rings. The van der Waals surface area contributed by atoms with Crippen LogP contribution in [0.3, 0.4) is 0 Å². The van der Waals surface area contributed by atoms with Gasteiger partial charge in [0.25, 0.3) is 0 Å². The van der Waals surface area contributed by atoms with Crippen LogP contribution >= 0.6 is 0 Å². The van der Waals surface area contributed by atoms with E-state index in [0.29, 0.717) is 0 Å². The van der Waals surface area contributed by atoms with Crippen LogP contribution in [-0.2, 0) is 36.7 Å². The summed E-state index contributed by atoms with van der Waals surface area (Å²) in [6, 6.07) is 11.4. The molecule has 5 heteroatoms. The van der Waals surface area contributed by atoms with Gasteiger partial charge in [-0.15, -0.1) is 11.1 Å². The second kappa shape index (κ2) is 14.9. The standard InChI is InChI=1S/C28H29N2.C13H24O2.Ir/c1-16-10-17(2)25-20(11-16)24-21(15-30-25)26-23-19(8-9-29-26)12-18(14-27(3,4)5)13-22(23)28(24,6)7;1-5-10(6-2)12(14)9-13(15)11(7-3)8-4;/h8-13H,14H2,1-7H3;9-11,14H,5-8H2,1-4H3;/q-1;;/b;12-9-;. The fourth-order valence-electron chi connectivity index (χ4n) is 7.11. The van der Waals surface area contributed by atoms with Crippen molar-refractivity contribution in [2.24, 2.45) is 17.3 Å². The summed E-state index contributed by atoms with van der Waals surface area (Å²) in [5, 5.41) is 13.5. The molecule has 0 fully saturated rings. The molecule has 0 saturated heterocycles. The maximum atomic E-state index is 11.7. The number of hydrogen-bond donors (Lipinski definition) is 1.